The second-order valence-corrected chi connectivity index (χ2v) is 6.34. The minimum Gasteiger partial charge on any atom is -0.458 e. The van der Waals surface area contributed by atoms with Crippen LogP contribution in [0.15, 0.2) is 33.2 Å². The van der Waals surface area contributed by atoms with Gasteiger partial charge in [-0.05, 0) is 37.6 Å². The molecular formula is C15H18BrNO2. The molecule has 0 radical (unpaired) electrons. The molecular weight excluding hydrogens is 306 g/mol. The summed E-state index contributed by atoms with van der Waals surface area (Å²) < 4.78 is 12.9. The molecule has 1 aliphatic rings. The van der Waals surface area contributed by atoms with Crippen LogP contribution in [0.2, 0.25) is 0 Å². The molecule has 0 spiro atoms. The van der Waals surface area contributed by atoms with Crippen molar-refractivity contribution in [2.24, 2.45) is 0 Å². The molecule has 0 aliphatic carbocycles. The lowest BCUT2D eigenvalue weighted by Gasteiger charge is -2.37. The van der Waals surface area contributed by atoms with E-state index in [0.29, 0.717) is 0 Å². The maximum atomic E-state index is 5.96. The highest BCUT2D eigenvalue weighted by molar-refractivity contribution is 9.10. The standard InChI is InChI=1S/C15H18BrNO2/c1-3-15(2)9-18-14(8-17-15)13-7-10-6-11(16)4-5-12(10)19-13/h4-7,14,17H,3,8-9H2,1-2H3. The lowest BCUT2D eigenvalue weighted by Crippen LogP contribution is -2.52. The third kappa shape index (κ3) is 2.57. The molecule has 1 fully saturated rings. The van der Waals surface area contributed by atoms with Crippen molar-refractivity contribution in [2.45, 2.75) is 31.9 Å². The predicted octanol–water partition coefficient (Wildman–Crippen LogP) is 4.02. The Morgan fingerprint density at radius 2 is 2.26 bits per heavy atom. The Morgan fingerprint density at radius 1 is 1.42 bits per heavy atom. The normalized spacial score (nSPS) is 27.8. The summed E-state index contributed by atoms with van der Waals surface area (Å²) in [7, 11) is 0. The number of morpholine rings is 1. The van der Waals surface area contributed by atoms with Gasteiger partial charge < -0.3 is 14.5 Å². The number of benzene rings is 1. The Bertz CT molecular complexity index is 585. The fourth-order valence-corrected chi connectivity index (χ4v) is 2.72. The summed E-state index contributed by atoms with van der Waals surface area (Å²) in [4.78, 5) is 0. The second kappa shape index (κ2) is 4.93. The number of halogens is 1. The number of fused-ring (bicyclic) bond motifs is 1. The molecule has 3 nitrogen and oxygen atoms in total. The molecule has 1 saturated heterocycles. The van der Waals surface area contributed by atoms with Crippen molar-refractivity contribution in [3.8, 4) is 0 Å². The SMILES string of the molecule is CCC1(C)COC(c2cc3cc(Br)ccc3o2)CN1. The quantitative estimate of drug-likeness (QED) is 0.906. The first-order valence-electron chi connectivity index (χ1n) is 6.65. The molecule has 2 aromatic rings. The van der Waals surface area contributed by atoms with Crippen molar-refractivity contribution in [1.82, 2.24) is 5.32 Å². The Kier molecular flexibility index (Phi) is 3.41. The van der Waals surface area contributed by atoms with E-state index >= 15 is 0 Å². The lowest BCUT2D eigenvalue weighted by atomic mass is 9.98. The van der Waals surface area contributed by atoms with Crippen LogP contribution in [-0.2, 0) is 4.74 Å². The van der Waals surface area contributed by atoms with E-state index in [9.17, 15) is 0 Å². The summed E-state index contributed by atoms with van der Waals surface area (Å²) in [5.41, 5.74) is 0.997. The number of nitrogens with one attached hydrogen (secondary N) is 1. The van der Waals surface area contributed by atoms with Gasteiger partial charge in [-0.2, -0.15) is 0 Å². The minimum atomic E-state index is 0.00537. The lowest BCUT2D eigenvalue weighted by molar-refractivity contribution is -0.0388. The van der Waals surface area contributed by atoms with Gasteiger partial charge in [0.2, 0.25) is 0 Å². The van der Waals surface area contributed by atoms with Gasteiger partial charge in [-0.1, -0.05) is 22.9 Å². The van der Waals surface area contributed by atoms with Crippen LogP contribution in [0.1, 0.15) is 32.1 Å². The van der Waals surface area contributed by atoms with Gasteiger partial charge in [-0.15, -0.1) is 0 Å². The first-order valence-corrected chi connectivity index (χ1v) is 7.44. The zero-order valence-corrected chi connectivity index (χ0v) is 12.8. The average Bonchev–Trinajstić information content (AvgIpc) is 2.82. The number of furan rings is 1. The van der Waals surface area contributed by atoms with Gasteiger partial charge >= 0.3 is 0 Å². The molecule has 1 N–H and O–H groups in total. The summed E-state index contributed by atoms with van der Waals surface area (Å²) in [6.07, 6.45) is 1.07. The maximum Gasteiger partial charge on any atom is 0.135 e. The Labute approximate surface area is 121 Å². The Hall–Kier alpha value is -0.840. The molecule has 102 valence electrons. The van der Waals surface area contributed by atoms with Gasteiger partial charge in [0.15, 0.2) is 0 Å². The van der Waals surface area contributed by atoms with E-state index in [4.69, 9.17) is 9.15 Å². The summed E-state index contributed by atoms with van der Waals surface area (Å²) >= 11 is 3.48. The molecule has 2 heterocycles. The molecule has 1 aromatic carbocycles. The molecule has 2 atom stereocenters. The average molecular weight is 324 g/mol. The minimum absolute atomic E-state index is 0.00537. The summed E-state index contributed by atoms with van der Waals surface area (Å²) in [6, 6.07) is 8.11. The van der Waals surface area contributed by atoms with Crippen LogP contribution in [0, 0.1) is 0 Å². The zero-order chi connectivity index (χ0) is 13.5. The van der Waals surface area contributed by atoms with Crippen molar-refractivity contribution < 1.29 is 9.15 Å². The van der Waals surface area contributed by atoms with E-state index in [2.05, 4.69) is 47.2 Å². The summed E-state index contributed by atoms with van der Waals surface area (Å²) in [6.45, 7) is 5.88. The van der Waals surface area contributed by atoms with E-state index in [-0.39, 0.29) is 11.6 Å². The highest BCUT2D eigenvalue weighted by Gasteiger charge is 2.31. The number of hydrogen-bond donors (Lipinski definition) is 1. The molecule has 1 aromatic heterocycles. The van der Waals surface area contributed by atoms with Gasteiger partial charge in [0, 0.05) is 21.9 Å². The summed E-state index contributed by atoms with van der Waals surface area (Å²) in [5.74, 6) is 0.902. The van der Waals surface area contributed by atoms with E-state index in [1.54, 1.807) is 0 Å². The van der Waals surface area contributed by atoms with Crippen LogP contribution in [-0.4, -0.2) is 18.7 Å². The van der Waals surface area contributed by atoms with Crippen molar-refractivity contribution >= 4 is 26.9 Å². The van der Waals surface area contributed by atoms with Crippen LogP contribution in [0.5, 0.6) is 0 Å². The molecule has 4 heteroatoms. The first-order chi connectivity index (χ1) is 9.09. The molecule has 3 rings (SSSR count). The van der Waals surface area contributed by atoms with E-state index in [0.717, 1.165) is 40.8 Å². The van der Waals surface area contributed by atoms with Crippen molar-refractivity contribution in [2.75, 3.05) is 13.2 Å². The topological polar surface area (TPSA) is 34.4 Å². The molecule has 2 unspecified atom stereocenters. The molecule has 1 aliphatic heterocycles. The smallest absolute Gasteiger partial charge is 0.135 e. The van der Waals surface area contributed by atoms with Crippen LogP contribution >= 0.6 is 15.9 Å². The Balaban J connectivity index is 1.82. The highest BCUT2D eigenvalue weighted by atomic mass is 79.9. The van der Waals surface area contributed by atoms with E-state index in [1.165, 1.54) is 0 Å². The van der Waals surface area contributed by atoms with Gasteiger partial charge in [0.25, 0.3) is 0 Å². The zero-order valence-electron chi connectivity index (χ0n) is 11.2. The number of hydrogen-bond acceptors (Lipinski definition) is 3. The molecule has 0 amide bonds. The van der Waals surface area contributed by atoms with Crippen LogP contribution in [0.4, 0.5) is 0 Å². The van der Waals surface area contributed by atoms with Crippen molar-refractivity contribution in [3.63, 3.8) is 0 Å². The third-order valence-corrected chi connectivity index (χ3v) is 4.41. The number of ether oxygens (including phenoxy) is 1. The van der Waals surface area contributed by atoms with Gasteiger partial charge in [0.05, 0.1) is 6.61 Å². The summed E-state index contributed by atoms with van der Waals surface area (Å²) in [5, 5.41) is 4.66. The van der Waals surface area contributed by atoms with Crippen LogP contribution in [0.25, 0.3) is 11.0 Å². The van der Waals surface area contributed by atoms with Gasteiger partial charge in [-0.25, -0.2) is 0 Å². The van der Waals surface area contributed by atoms with E-state index < -0.39 is 0 Å². The van der Waals surface area contributed by atoms with Crippen molar-refractivity contribution in [3.05, 3.63) is 34.5 Å². The maximum absolute atomic E-state index is 5.96. The van der Waals surface area contributed by atoms with Crippen molar-refractivity contribution in [1.29, 1.82) is 0 Å². The predicted molar refractivity (Wildman–Crippen MR) is 79.3 cm³/mol. The molecule has 19 heavy (non-hydrogen) atoms. The van der Waals surface area contributed by atoms with Crippen LogP contribution in [0.3, 0.4) is 0 Å². The second-order valence-electron chi connectivity index (χ2n) is 5.43. The third-order valence-electron chi connectivity index (χ3n) is 3.91. The fourth-order valence-electron chi connectivity index (χ4n) is 2.34. The van der Waals surface area contributed by atoms with Crippen LogP contribution < -0.4 is 5.32 Å². The van der Waals surface area contributed by atoms with E-state index in [1.807, 2.05) is 12.1 Å². The Morgan fingerprint density at radius 3 is 2.95 bits per heavy atom. The first kappa shape index (κ1) is 13.2. The monoisotopic (exact) mass is 323 g/mol. The molecule has 0 saturated carbocycles. The largest absolute Gasteiger partial charge is 0.458 e. The van der Waals surface area contributed by atoms with Gasteiger partial charge in [0.1, 0.15) is 17.4 Å². The molecule has 0 bridgehead atoms. The number of rotatable bonds is 2. The fraction of sp³-hybridized carbons (Fsp3) is 0.467. The highest BCUT2D eigenvalue weighted by Crippen LogP contribution is 2.30. The van der Waals surface area contributed by atoms with Gasteiger partial charge in [-0.3, -0.25) is 0 Å².